The van der Waals surface area contributed by atoms with Crippen LogP contribution >= 0.6 is 0 Å². The lowest BCUT2D eigenvalue weighted by atomic mass is 9.88. The van der Waals surface area contributed by atoms with Crippen molar-refractivity contribution < 1.29 is 0 Å². The first-order valence-electron chi connectivity index (χ1n) is 49.9. The predicted octanol–water partition coefficient (Wildman–Crippen LogP) is 38.6. The van der Waals surface area contributed by atoms with E-state index >= 15 is 0 Å². The number of fused-ring (bicyclic) bond motifs is 13. The van der Waals surface area contributed by atoms with Crippen molar-refractivity contribution in [1.29, 1.82) is 0 Å². The van der Waals surface area contributed by atoms with Gasteiger partial charge in [-0.25, -0.2) is 0 Å². The second-order valence-corrected chi connectivity index (χ2v) is 37.9. The minimum absolute atomic E-state index is 0.948. The Morgan fingerprint density at radius 3 is 0.799 bits per heavy atom. The van der Waals surface area contributed by atoms with E-state index in [1.54, 1.807) is 0 Å². The zero-order chi connectivity index (χ0) is 95.0. The van der Waals surface area contributed by atoms with Crippen LogP contribution in [0.4, 0.5) is 51.2 Å². The molecule has 144 heavy (non-hydrogen) atoms. The maximum atomic E-state index is 2.46. The molecule has 0 bridgehead atoms. The van der Waals surface area contributed by atoms with Crippen molar-refractivity contribution in [1.82, 2.24) is 13.7 Å². The number of hydrogen-bond acceptors (Lipinski definition) is 3. The lowest BCUT2D eigenvalue weighted by Crippen LogP contribution is -2.10. The Labute approximate surface area is 832 Å². The van der Waals surface area contributed by atoms with Crippen LogP contribution in [0.2, 0.25) is 0 Å². The zero-order valence-corrected chi connectivity index (χ0v) is 79.1. The van der Waals surface area contributed by atoms with E-state index in [4.69, 9.17) is 0 Å². The van der Waals surface area contributed by atoms with Gasteiger partial charge in [0.2, 0.25) is 0 Å². The first-order valence-corrected chi connectivity index (χ1v) is 49.9. The molecule has 0 unspecified atom stereocenters. The van der Waals surface area contributed by atoms with Gasteiger partial charge in [-0.3, -0.25) is 0 Å². The fraction of sp³-hybridized carbons (Fsp3) is 0.0145. The highest BCUT2D eigenvalue weighted by atomic mass is 15.2. The number of benzene rings is 27. The van der Waals surface area contributed by atoms with E-state index in [0.717, 1.165) is 52.0 Å². The summed E-state index contributed by atoms with van der Waals surface area (Å²) < 4.78 is 7.30. The third kappa shape index (κ3) is 13.5. The number of aryl methyl sites for hydroxylation is 1. The van der Waals surface area contributed by atoms with Crippen LogP contribution in [0.3, 0.4) is 0 Å². The summed E-state index contributed by atoms with van der Waals surface area (Å²) in [5, 5.41) is 33.9. The molecule has 30 aromatic rings. The second-order valence-electron chi connectivity index (χ2n) is 37.9. The van der Waals surface area contributed by atoms with Gasteiger partial charge in [-0.15, -0.1) is 0 Å². The van der Waals surface area contributed by atoms with Crippen LogP contribution in [0, 0.1) is 0 Å². The van der Waals surface area contributed by atoms with Crippen LogP contribution < -0.4 is 14.7 Å². The average molecular weight is 1830 g/mol. The number of nitrogens with zero attached hydrogens (tertiary/aromatic N) is 6. The molecule has 6 nitrogen and oxygen atoms in total. The summed E-state index contributed by atoms with van der Waals surface area (Å²) in [6, 6.07) is 192. The highest BCUT2D eigenvalue weighted by Gasteiger charge is 2.27. The van der Waals surface area contributed by atoms with Gasteiger partial charge in [0.05, 0.1) is 33.3 Å². The molecule has 674 valence electrons. The fourth-order valence-corrected chi connectivity index (χ4v) is 23.9. The number of rotatable bonds is 15. The molecular weight excluding hydrogens is 1740 g/mol. The zero-order valence-electron chi connectivity index (χ0n) is 79.1. The molecule has 27 aromatic carbocycles. The molecule has 0 amide bonds. The summed E-state index contributed by atoms with van der Waals surface area (Å²) in [6.07, 6.45) is 0. The monoisotopic (exact) mass is 1830 g/mol. The molecule has 0 radical (unpaired) electrons. The van der Waals surface area contributed by atoms with Crippen molar-refractivity contribution in [2.75, 3.05) is 14.7 Å². The molecule has 0 aliphatic carbocycles. The average Bonchev–Trinajstić information content (AvgIpc) is 1.49. The summed E-state index contributed by atoms with van der Waals surface area (Å²) in [5.41, 5.74) is 27.6. The smallest absolute Gasteiger partial charge is 0.0553 e. The fourth-order valence-electron chi connectivity index (χ4n) is 23.9. The van der Waals surface area contributed by atoms with Gasteiger partial charge in [-0.1, -0.05) is 364 Å². The lowest BCUT2D eigenvalue weighted by molar-refractivity contribution is 0.827. The van der Waals surface area contributed by atoms with E-state index in [-0.39, 0.29) is 0 Å². The van der Waals surface area contributed by atoms with Gasteiger partial charge >= 0.3 is 0 Å². The van der Waals surface area contributed by atoms with Crippen LogP contribution in [-0.2, 0) is 6.54 Å². The van der Waals surface area contributed by atoms with Crippen molar-refractivity contribution in [3.8, 4) is 44.8 Å². The van der Waals surface area contributed by atoms with Gasteiger partial charge in [-0.05, 0) is 306 Å². The van der Waals surface area contributed by atoms with Crippen molar-refractivity contribution in [2.24, 2.45) is 0 Å². The van der Waals surface area contributed by atoms with Gasteiger partial charge in [0, 0.05) is 107 Å². The molecular formula is C138H92N6. The maximum absolute atomic E-state index is 2.46. The summed E-state index contributed by atoms with van der Waals surface area (Å²) in [5.74, 6) is 0. The van der Waals surface area contributed by atoms with Gasteiger partial charge in [0.25, 0.3) is 0 Å². The molecule has 0 fully saturated rings. The molecule has 3 aromatic heterocycles. The van der Waals surface area contributed by atoms with Crippen molar-refractivity contribution >= 4 is 224 Å². The Kier molecular flexibility index (Phi) is 19.9. The van der Waals surface area contributed by atoms with E-state index in [1.165, 1.54) is 224 Å². The standard InChI is InChI=1S/C50H32N2.C46H30N2.C42H30N2/c1-3-14-37(15-4-1)51(45-21-11-13-33-12-7-8-18-41(33)45)39-27-22-34(23-28-39)40-29-24-35-25-31-44-49-36(26-30-42(40)48(35)49)32-47-50(44)43-19-9-10-20-46(43)52(47)38-16-5-2-6-17-38;1-4-12-34(13-5-1)47(35-14-6-2-7-15-35)37-25-20-31(21-26-37)38-27-22-32-23-29-41-45-33(24-28-39(38)44(32)45)30-43-46(41)40-18-10-11-19-42(40)48(43)36-16-8-3-9-17-36;1-2-43-38-16-10-9-15-36(38)42-37-26-20-29-19-24-34(35-25-21-30(27-39(42)43)41(37)40(29)35)28-17-22-33(23-18-28)44(31-11-5-3-6-12-31)32-13-7-4-8-14-32/h1-32H;1-30H;3-27H,2H2,1H3. The van der Waals surface area contributed by atoms with Crippen LogP contribution in [0.5, 0.6) is 0 Å². The van der Waals surface area contributed by atoms with E-state index in [2.05, 4.69) is 563 Å². The van der Waals surface area contributed by atoms with Gasteiger partial charge in [-0.2, -0.15) is 0 Å². The lowest BCUT2D eigenvalue weighted by Gasteiger charge is -2.27. The molecule has 0 spiro atoms. The molecule has 0 saturated heterocycles. The largest absolute Gasteiger partial charge is 0.341 e. The SMILES string of the molecule is CCn1c2ccccc2c2c3ccc4ccc(-c5ccc(N(c6ccccc6)c6ccccc6)cc5)c5ccc(cc21)c3c45.c1ccc(N(c2ccc(-c3ccc4ccc5c6c(ccc3c46)cc3c5c4ccccc4n3-c3ccccc3)cc2)c2cccc3ccccc23)cc1.c1ccc(N(c2ccccc2)c2ccc(-c3ccc4ccc5c6c(ccc3c46)cc3c5c4ccccc4n3-c3ccccc3)cc2)cc1. The first kappa shape index (κ1) is 83.3. The van der Waals surface area contributed by atoms with Crippen LogP contribution in [0.25, 0.3) is 218 Å². The van der Waals surface area contributed by atoms with E-state index in [1.807, 2.05) is 0 Å². The van der Waals surface area contributed by atoms with Gasteiger partial charge in [0.15, 0.2) is 0 Å². The summed E-state index contributed by atoms with van der Waals surface area (Å²) in [4.78, 5) is 6.99. The van der Waals surface area contributed by atoms with Crippen molar-refractivity contribution in [2.45, 2.75) is 13.5 Å². The normalized spacial score (nSPS) is 11.8. The quantitative estimate of drug-likeness (QED) is 0.0956. The Balaban J connectivity index is 0.000000105. The molecule has 0 atom stereocenters. The summed E-state index contributed by atoms with van der Waals surface area (Å²) in [7, 11) is 0. The minimum Gasteiger partial charge on any atom is -0.341 e. The molecule has 30 rings (SSSR count). The summed E-state index contributed by atoms with van der Waals surface area (Å²) >= 11 is 0. The third-order valence-electron chi connectivity index (χ3n) is 30.1. The predicted molar refractivity (Wildman–Crippen MR) is 616 cm³/mol. The minimum atomic E-state index is 0.948. The molecule has 3 heterocycles. The number of anilines is 9. The van der Waals surface area contributed by atoms with Crippen molar-refractivity contribution in [3.05, 3.63) is 528 Å². The number of hydrogen-bond donors (Lipinski definition) is 0. The van der Waals surface area contributed by atoms with E-state index < -0.39 is 0 Å². The Hall–Kier alpha value is -18.9. The van der Waals surface area contributed by atoms with Crippen LogP contribution in [-0.4, -0.2) is 13.7 Å². The van der Waals surface area contributed by atoms with Crippen molar-refractivity contribution in [3.63, 3.8) is 0 Å². The molecule has 6 heteroatoms. The van der Waals surface area contributed by atoms with Crippen LogP contribution in [0.1, 0.15) is 6.92 Å². The molecule has 0 aliphatic heterocycles. The molecule has 0 aliphatic rings. The molecule has 0 saturated carbocycles. The van der Waals surface area contributed by atoms with Gasteiger partial charge < -0.3 is 28.4 Å². The first-order chi connectivity index (χ1) is 71.4. The van der Waals surface area contributed by atoms with E-state index in [9.17, 15) is 0 Å². The number of para-hydroxylation sites is 10. The topological polar surface area (TPSA) is 24.5 Å². The maximum Gasteiger partial charge on any atom is 0.0553 e. The summed E-state index contributed by atoms with van der Waals surface area (Å²) in [6.45, 7) is 3.19. The Morgan fingerprint density at radius 2 is 0.424 bits per heavy atom. The Morgan fingerprint density at radius 1 is 0.160 bits per heavy atom. The molecule has 0 N–H and O–H groups in total. The highest BCUT2D eigenvalue weighted by molar-refractivity contribution is 6.38. The second kappa shape index (κ2) is 34.3. The van der Waals surface area contributed by atoms with E-state index in [0.29, 0.717) is 0 Å². The Bertz CT molecular complexity index is 10100. The van der Waals surface area contributed by atoms with Gasteiger partial charge in [0.1, 0.15) is 0 Å². The number of aromatic nitrogens is 3. The highest BCUT2D eigenvalue weighted by Crippen LogP contribution is 2.52. The third-order valence-corrected chi connectivity index (χ3v) is 30.1. The van der Waals surface area contributed by atoms with Crippen LogP contribution in [0.15, 0.2) is 528 Å².